The molecule has 8 heteroatoms. The van der Waals surface area contributed by atoms with Gasteiger partial charge in [-0.1, -0.05) is 0 Å². The number of carboxylic acids is 1. The molecular formula is C14H15FN2O3S2. The summed E-state index contributed by atoms with van der Waals surface area (Å²) in [5.41, 5.74) is 0.523. The van der Waals surface area contributed by atoms with E-state index in [2.05, 4.69) is 4.99 Å². The van der Waals surface area contributed by atoms with Gasteiger partial charge in [0.2, 0.25) is 0 Å². The van der Waals surface area contributed by atoms with Crippen LogP contribution in [0.4, 0.5) is 4.39 Å². The van der Waals surface area contributed by atoms with Crippen molar-refractivity contribution in [2.24, 2.45) is 4.99 Å². The van der Waals surface area contributed by atoms with Gasteiger partial charge < -0.3 is 10.2 Å². The van der Waals surface area contributed by atoms with Gasteiger partial charge in [-0.25, -0.2) is 4.39 Å². The van der Waals surface area contributed by atoms with Crippen molar-refractivity contribution in [1.29, 1.82) is 0 Å². The van der Waals surface area contributed by atoms with Crippen LogP contribution in [-0.2, 0) is 4.79 Å². The number of phenolic OH excluding ortho intramolecular Hbond substituents is 1. The molecule has 0 radical (unpaired) electrons. The number of aromatic hydroxyl groups is 1. The molecule has 22 heavy (non-hydrogen) atoms. The summed E-state index contributed by atoms with van der Waals surface area (Å²) in [6, 6.07) is 3.36. The minimum absolute atomic E-state index is 0.00805. The van der Waals surface area contributed by atoms with Gasteiger partial charge in [0.05, 0.1) is 11.4 Å². The lowest BCUT2D eigenvalue weighted by Crippen LogP contribution is -2.42. The Morgan fingerprint density at radius 2 is 2.23 bits per heavy atom. The van der Waals surface area contributed by atoms with Gasteiger partial charge in [-0.15, -0.1) is 23.5 Å². The number of hydrogen-bond acceptors (Lipinski definition) is 6. The van der Waals surface area contributed by atoms with Gasteiger partial charge in [-0.05, 0) is 19.2 Å². The third kappa shape index (κ3) is 2.82. The second-order valence-corrected chi connectivity index (χ2v) is 7.38. The second kappa shape index (κ2) is 6.10. The molecule has 1 unspecified atom stereocenters. The monoisotopic (exact) mass is 342 g/mol. The highest BCUT2D eigenvalue weighted by atomic mass is 32.2. The molecule has 0 saturated carbocycles. The van der Waals surface area contributed by atoms with Gasteiger partial charge in [0.15, 0.2) is 0 Å². The fourth-order valence-corrected chi connectivity index (χ4v) is 5.36. The molecule has 1 fully saturated rings. The summed E-state index contributed by atoms with van der Waals surface area (Å²) in [4.78, 5) is 17.6. The van der Waals surface area contributed by atoms with Gasteiger partial charge >= 0.3 is 5.97 Å². The van der Waals surface area contributed by atoms with E-state index >= 15 is 0 Å². The maximum Gasteiger partial charge on any atom is 0.321 e. The maximum atomic E-state index is 13.1. The zero-order valence-electron chi connectivity index (χ0n) is 11.8. The number of phenols is 1. The van der Waals surface area contributed by atoms with Gasteiger partial charge in [0, 0.05) is 23.1 Å². The third-order valence-corrected chi connectivity index (χ3v) is 6.40. The van der Waals surface area contributed by atoms with E-state index in [1.807, 2.05) is 4.90 Å². The fraction of sp³-hybridized carbons (Fsp3) is 0.429. The molecule has 1 saturated heterocycles. The topological polar surface area (TPSA) is 73.1 Å². The zero-order chi connectivity index (χ0) is 15.9. The number of benzene rings is 1. The molecule has 3 rings (SSSR count). The van der Waals surface area contributed by atoms with Crippen LogP contribution in [0.1, 0.15) is 5.56 Å². The lowest BCUT2D eigenvalue weighted by Gasteiger charge is -2.24. The first-order chi connectivity index (χ1) is 10.5. The van der Waals surface area contributed by atoms with Crippen LogP contribution in [0.3, 0.4) is 0 Å². The van der Waals surface area contributed by atoms with E-state index in [1.54, 1.807) is 18.8 Å². The van der Waals surface area contributed by atoms with E-state index in [1.165, 1.54) is 23.9 Å². The van der Waals surface area contributed by atoms with Gasteiger partial charge in [-0.2, -0.15) is 0 Å². The molecule has 0 aromatic heterocycles. The number of carbonyl (C=O) groups is 1. The average Bonchev–Trinajstić information content (AvgIpc) is 3.05. The number of hydrogen-bond donors (Lipinski definition) is 2. The zero-order valence-corrected chi connectivity index (χ0v) is 13.4. The SMILES string of the molecule is CN1C([C@@H]2CSC(c3ccc(F)cc3O)=N2)SC[C@@H]1C(=O)O. The molecule has 1 aromatic rings. The summed E-state index contributed by atoms with van der Waals surface area (Å²) in [5.74, 6) is -0.159. The molecule has 3 atom stereocenters. The normalized spacial score (nSPS) is 28.8. The Bertz CT molecular complexity index is 641. The molecule has 0 spiro atoms. The predicted octanol–water partition coefficient (Wildman–Crippen LogP) is 1.85. The van der Waals surface area contributed by atoms with Crippen molar-refractivity contribution in [2.45, 2.75) is 17.5 Å². The maximum absolute atomic E-state index is 13.1. The number of halogens is 1. The van der Waals surface area contributed by atoms with Crippen molar-refractivity contribution in [3.8, 4) is 5.75 Å². The molecule has 118 valence electrons. The summed E-state index contributed by atoms with van der Waals surface area (Å²) in [5, 5.41) is 19.7. The quantitative estimate of drug-likeness (QED) is 0.873. The van der Waals surface area contributed by atoms with Crippen LogP contribution in [0.5, 0.6) is 5.75 Å². The summed E-state index contributed by atoms with van der Waals surface area (Å²) < 4.78 is 13.1. The summed E-state index contributed by atoms with van der Waals surface area (Å²) in [6.45, 7) is 0. The van der Waals surface area contributed by atoms with Crippen molar-refractivity contribution >= 4 is 34.5 Å². The van der Waals surface area contributed by atoms with Crippen molar-refractivity contribution in [2.75, 3.05) is 18.6 Å². The Labute approximate surface area is 135 Å². The number of aliphatic carboxylic acids is 1. The minimum Gasteiger partial charge on any atom is -0.507 e. The van der Waals surface area contributed by atoms with Crippen LogP contribution < -0.4 is 0 Å². The van der Waals surface area contributed by atoms with Crippen molar-refractivity contribution in [3.63, 3.8) is 0 Å². The second-order valence-electron chi connectivity index (χ2n) is 5.22. The molecule has 1 aromatic carbocycles. The molecule has 0 bridgehead atoms. The summed E-state index contributed by atoms with van der Waals surface area (Å²) >= 11 is 3.09. The summed E-state index contributed by atoms with van der Waals surface area (Å²) in [6.07, 6.45) is 0. The number of carboxylic acid groups (broad SMARTS) is 1. The van der Waals surface area contributed by atoms with Crippen molar-refractivity contribution in [1.82, 2.24) is 4.90 Å². The molecule has 2 N–H and O–H groups in total. The molecule has 0 aliphatic carbocycles. The Morgan fingerprint density at radius 1 is 1.45 bits per heavy atom. The molecule has 2 aliphatic rings. The fourth-order valence-electron chi connectivity index (χ4n) is 2.60. The third-order valence-electron chi connectivity index (χ3n) is 3.80. The highest BCUT2D eigenvalue weighted by molar-refractivity contribution is 8.14. The lowest BCUT2D eigenvalue weighted by molar-refractivity contribution is -0.141. The molecular weight excluding hydrogens is 327 g/mol. The van der Waals surface area contributed by atoms with Crippen LogP contribution >= 0.6 is 23.5 Å². The van der Waals surface area contributed by atoms with Crippen LogP contribution in [0.25, 0.3) is 0 Å². The Hall–Kier alpha value is -1.25. The van der Waals surface area contributed by atoms with Crippen LogP contribution in [0.15, 0.2) is 23.2 Å². The molecule has 0 amide bonds. The van der Waals surface area contributed by atoms with Crippen molar-refractivity contribution in [3.05, 3.63) is 29.6 Å². The number of likely N-dealkylation sites (N-methyl/N-ethyl adjacent to an activating group) is 1. The van der Waals surface area contributed by atoms with Gasteiger partial charge in [-0.3, -0.25) is 14.7 Å². The predicted molar refractivity (Wildman–Crippen MR) is 86.3 cm³/mol. The van der Waals surface area contributed by atoms with Gasteiger partial charge in [0.1, 0.15) is 22.7 Å². The molecule has 2 aliphatic heterocycles. The van der Waals surface area contributed by atoms with E-state index in [0.29, 0.717) is 16.4 Å². The molecule has 5 nitrogen and oxygen atoms in total. The van der Waals surface area contributed by atoms with Crippen LogP contribution in [0.2, 0.25) is 0 Å². The van der Waals surface area contributed by atoms with Gasteiger partial charge in [0.25, 0.3) is 0 Å². The standard InChI is InChI=1S/C14H15FN2O3S2/c1-17-10(14(19)20)6-22-13(17)9-5-21-12(16-9)8-3-2-7(15)4-11(8)18/h2-4,9-10,13,18H,5-6H2,1H3,(H,19,20)/t9-,10+,13?/m0/s1. The summed E-state index contributed by atoms with van der Waals surface area (Å²) in [7, 11) is 1.80. The first-order valence-electron chi connectivity index (χ1n) is 6.73. The lowest BCUT2D eigenvalue weighted by atomic mass is 10.2. The first kappa shape index (κ1) is 15.6. The molecule has 2 heterocycles. The highest BCUT2D eigenvalue weighted by Gasteiger charge is 2.41. The smallest absolute Gasteiger partial charge is 0.321 e. The van der Waals surface area contributed by atoms with Crippen LogP contribution in [-0.4, -0.2) is 62.1 Å². The first-order valence-corrected chi connectivity index (χ1v) is 8.76. The Balaban J connectivity index is 1.79. The number of thioether (sulfide) groups is 2. The Morgan fingerprint density at radius 3 is 2.86 bits per heavy atom. The van der Waals surface area contributed by atoms with E-state index < -0.39 is 17.8 Å². The number of aliphatic imine (C=N–C) groups is 1. The highest BCUT2D eigenvalue weighted by Crippen LogP contribution is 2.37. The van der Waals surface area contributed by atoms with E-state index in [4.69, 9.17) is 0 Å². The largest absolute Gasteiger partial charge is 0.507 e. The van der Waals surface area contributed by atoms with E-state index in [0.717, 1.165) is 11.8 Å². The van der Waals surface area contributed by atoms with E-state index in [-0.39, 0.29) is 17.2 Å². The van der Waals surface area contributed by atoms with E-state index in [9.17, 15) is 19.4 Å². The number of rotatable bonds is 3. The Kier molecular flexibility index (Phi) is 4.33. The van der Waals surface area contributed by atoms with Crippen LogP contribution in [0, 0.1) is 5.82 Å². The van der Waals surface area contributed by atoms with Crippen molar-refractivity contribution < 1.29 is 19.4 Å². The average molecular weight is 342 g/mol. The number of nitrogens with zero attached hydrogens (tertiary/aromatic N) is 2. The minimum atomic E-state index is -0.816.